The van der Waals surface area contributed by atoms with E-state index >= 15 is 0 Å². The molecule has 112 valence electrons. The molecule has 0 amide bonds. The van der Waals surface area contributed by atoms with Crippen molar-refractivity contribution in [1.82, 2.24) is 9.97 Å². The number of aryl methyl sites for hydroxylation is 1. The number of hydrogen-bond donors (Lipinski definition) is 2. The van der Waals surface area contributed by atoms with E-state index in [2.05, 4.69) is 46.6 Å². The van der Waals surface area contributed by atoms with Crippen molar-refractivity contribution in [2.75, 3.05) is 17.2 Å². The number of para-hydroxylation sites is 1. The highest BCUT2D eigenvalue weighted by atomic mass is 15.1. The standard InChI is InChI=1S/C18H20N4/c1-3-12-19-17-15-6-4-5-7-16(15)21-18(22-17)20-14-10-8-13(2)9-11-14/h4-11H,3,12H2,1-2H3,(H2,19,20,21,22). The molecule has 4 nitrogen and oxygen atoms in total. The van der Waals surface area contributed by atoms with Gasteiger partial charge in [-0.25, -0.2) is 4.98 Å². The van der Waals surface area contributed by atoms with Gasteiger partial charge in [0.15, 0.2) is 0 Å². The lowest BCUT2D eigenvalue weighted by atomic mass is 10.2. The lowest BCUT2D eigenvalue weighted by Gasteiger charge is -2.11. The van der Waals surface area contributed by atoms with Crippen molar-refractivity contribution >= 4 is 28.4 Å². The molecule has 0 radical (unpaired) electrons. The second-order valence-corrected chi connectivity index (χ2v) is 5.33. The highest BCUT2D eigenvalue weighted by Crippen LogP contribution is 2.23. The van der Waals surface area contributed by atoms with Gasteiger partial charge in [0.25, 0.3) is 0 Å². The number of anilines is 3. The van der Waals surface area contributed by atoms with E-state index in [1.54, 1.807) is 0 Å². The van der Waals surface area contributed by atoms with Gasteiger partial charge in [-0.1, -0.05) is 36.8 Å². The van der Waals surface area contributed by atoms with Gasteiger partial charge in [0.2, 0.25) is 5.95 Å². The molecule has 0 atom stereocenters. The Labute approximate surface area is 130 Å². The summed E-state index contributed by atoms with van der Waals surface area (Å²) < 4.78 is 0. The maximum Gasteiger partial charge on any atom is 0.229 e. The number of rotatable bonds is 5. The van der Waals surface area contributed by atoms with Gasteiger partial charge in [-0.15, -0.1) is 0 Å². The molecule has 0 spiro atoms. The first-order valence-corrected chi connectivity index (χ1v) is 7.60. The van der Waals surface area contributed by atoms with Gasteiger partial charge in [0.05, 0.1) is 5.52 Å². The molecule has 2 N–H and O–H groups in total. The van der Waals surface area contributed by atoms with E-state index in [4.69, 9.17) is 0 Å². The molecule has 0 saturated carbocycles. The van der Waals surface area contributed by atoms with Crippen LogP contribution in [-0.2, 0) is 0 Å². The van der Waals surface area contributed by atoms with Crippen molar-refractivity contribution < 1.29 is 0 Å². The minimum Gasteiger partial charge on any atom is -0.369 e. The molecule has 1 aromatic heterocycles. The fourth-order valence-corrected chi connectivity index (χ4v) is 2.28. The Hall–Kier alpha value is -2.62. The number of benzene rings is 2. The number of hydrogen-bond acceptors (Lipinski definition) is 4. The van der Waals surface area contributed by atoms with Gasteiger partial charge in [0.1, 0.15) is 5.82 Å². The van der Waals surface area contributed by atoms with Crippen molar-refractivity contribution in [3.63, 3.8) is 0 Å². The van der Waals surface area contributed by atoms with Gasteiger partial charge in [-0.05, 0) is 37.6 Å². The quantitative estimate of drug-likeness (QED) is 0.726. The normalized spacial score (nSPS) is 10.6. The monoisotopic (exact) mass is 292 g/mol. The summed E-state index contributed by atoms with van der Waals surface area (Å²) in [7, 11) is 0. The zero-order valence-electron chi connectivity index (χ0n) is 12.9. The lowest BCUT2D eigenvalue weighted by molar-refractivity contribution is 0.970. The summed E-state index contributed by atoms with van der Waals surface area (Å²) in [6, 6.07) is 16.3. The molecule has 1 heterocycles. The van der Waals surface area contributed by atoms with Crippen LogP contribution in [0.15, 0.2) is 48.5 Å². The van der Waals surface area contributed by atoms with Gasteiger partial charge >= 0.3 is 0 Å². The summed E-state index contributed by atoms with van der Waals surface area (Å²) in [5, 5.41) is 7.71. The van der Waals surface area contributed by atoms with E-state index in [-0.39, 0.29) is 0 Å². The first-order chi connectivity index (χ1) is 10.8. The highest BCUT2D eigenvalue weighted by Gasteiger charge is 2.07. The van der Waals surface area contributed by atoms with Crippen molar-refractivity contribution in [1.29, 1.82) is 0 Å². The topological polar surface area (TPSA) is 49.8 Å². The van der Waals surface area contributed by atoms with Crippen LogP contribution < -0.4 is 10.6 Å². The van der Waals surface area contributed by atoms with Crippen LogP contribution in [0.1, 0.15) is 18.9 Å². The van der Waals surface area contributed by atoms with Crippen LogP contribution in [-0.4, -0.2) is 16.5 Å². The molecular formula is C18H20N4. The fraction of sp³-hybridized carbons (Fsp3) is 0.222. The van der Waals surface area contributed by atoms with Crippen molar-refractivity contribution in [2.45, 2.75) is 20.3 Å². The third-order valence-corrected chi connectivity index (χ3v) is 3.45. The maximum absolute atomic E-state index is 4.62. The first-order valence-electron chi connectivity index (χ1n) is 7.60. The number of nitrogens with one attached hydrogen (secondary N) is 2. The molecule has 0 fully saturated rings. The smallest absolute Gasteiger partial charge is 0.229 e. The summed E-state index contributed by atoms with van der Waals surface area (Å²) in [5.41, 5.74) is 3.16. The number of nitrogens with zero attached hydrogens (tertiary/aromatic N) is 2. The fourth-order valence-electron chi connectivity index (χ4n) is 2.28. The Morgan fingerprint density at radius 2 is 1.73 bits per heavy atom. The molecule has 22 heavy (non-hydrogen) atoms. The largest absolute Gasteiger partial charge is 0.369 e. The van der Waals surface area contributed by atoms with Crippen LogP contribution in [0.25, 0.3) is 10.9 Å². The summed E-state index contributed by atoms with van der Waals surface area (Å²) >= 11 is 0. The van der Waals surface area contributed by atoms with E-state index in [1.807, 2.05) is 36.4 Å². The molecule has 2 aromatic carbocycles. The second-order valence-electron chi connectivity index (χ2n) is 5.33. The predicted octanol–water partition coefficient (Wildman–Crippen LogP) is 4.50. The third-order valence-electron chi connectivity index (χ3n) is 3.45. The summed E-state index contributed by atoms with van der Waals surface area (Å²) in [5.74, 6) is 1.49. The third kappa shape index (κ3) is 3.17. The minimum atomic E-state index is 0.612. The molecule has 3 rings (SSSR count). The summed E-state index contributed by atoms with van der Waals surface area (Å²) in [6.07, 6.45) is 1.05. The van der Waals surface area contributed by atoms with Crippen LogP contribution in [0.2, 0.25) is 0 Å². The Bertz CT molecular complexity index is 766. The molecular weight excluding hydrogens is 272 g/mol. The Kier molecular flexibility index (Phi) is 4.19. The van der Waals surface area contributed by atoms with Crippen LogP contribution in [0.3, 0.4) is 0 Å². The summed E-state index contributed by atoms with van der Waals surface area (Å²) in [6.45, 7) is 5.11. The zero-order valence-corrected chi connectivity index (χ0v) is 12.9. The maximum atomic E-state index is 4.62. The average molecular weight is 292 g/mol. The van der Waals surface area contributed by atoms with Gasteiger partial charge in [0, 0.05) is 17.6 Å². The highest BCUT2D eigenvalue weighted by molar-refractivity contribution is 5.90. The molecule has 0 aliphatic heterocycles. The van der Waals surface area contributed by atoms with Gasteiger partial charge in [-0.3, -0.25) is 0 Å². The first kappa shape index (κ1) is 14.3. The number of fused-ring (bicyclic) bond motifs is 1. The molecule has 0 unspecified atom stereocenters. The molecule has 0 aliphatic carbocycles. The van der Waals surface area contributed by atoms with Crippen LogP contribution in [0.5, 0.6) is 0 Å². The zero-order chi connectivity index (χ0) is 15.4. The predicted molar refractivity (Wildman–Crippen MR) is 92.8 cm³/mol. The van der Waals surface area contributed by atoms with Crippen LogP contribution in [0.4, 0.5) is 17.5 Å². The van der Waals surface area contributed by atoms with E-state index in [0.29, 0.717) is 5.95 Å². The van der Waals surface area contributed by atoms with Crippen molar-refractivity contribution in [3.05, 3.63) is 54.1 Å². The lowest BCUT2D eigenvalue weighted by Crippen LogP contribution is -2.06. The molecule has 4 heteroatoms. The molecule has 0 aliphatic rings. The van der Waals surface area contributed by atoms with Crippen LogP contribution >= 0.6 is 0 Å². The Morgan fingerprint density at radius 3 is 2.50 bits per heavy atom. The van der Waals surface area contributed by atoms with E-state index in [0.717, 1.165) is 35.4 Å². The van der Waals surface area contributed by atoms with Crippen molar-refractivity contribution in [3.8, 4) is 0 Å². The van der Waals surface area contributed by atoms with Crippen molar-refractivity contribution in [2.24, 2.45) is 0 Å². The molecule has 0 saturated heterocycles. The van der Waals surface area contributed by atoms with E-state index < -0.39 is 0 Å². The summed E-state index contributed by atoms with van der Waals surface area (Å²) in [4.78, 5) is 9.22. The molecule has 3 aromatic rings. The Morgan fingerprint density at radius 1 is 0.955 bits per heavy atom. The van der Waals surface area contributed by atoms with Gasteiger partial charge in [-0.2, -0.15) is 4.98 Å². The molecule has 0 bridgehead atoms. The van der Waals surface area contributed by atoms with Gasteiger partial charge < -0.3 is 10.6 Å². The van der Waals surface area contributed by atoms with Crippen LogP contribution in [0, 0.1) is 6.92 Å². The Balaban J connectivity index is 1.96. The average Bonchev–Trinajstić information content (AvgIpc) is 2.55. The van der Waals surface area contributed by atoms with E-state index in [9.17, 15) is 0 Å². The van der Waals surface area contributed by atoms with E-state index in [1.165, 1.54) is 5.56 Å². The SMILES string of the molecule is CCCNc1nc(Nc2ccc(C)cc2)nc2ccccc12. The second kappa shape index (κ2) is 6.43. The minimum absolute atomic E-state index is 0.612. The number of aromatic nitrogens is 2.